The lowest BCUT2D eigenvalue weighted by Crippen LogP contribution is -3.09. The van der Waals surface area contributed by atoms with Crippen molar-refractivity contribution in [1.29, 1.82) is 0 Å². The number of hydroxylamine groups is 2. The topological polar surface area (TPSA) is 24.7 Å². The summed E-state index contributed by atoms with van der Waals surface area (Å²) >= 11 is 0. The van der Waals surface area contributed by atoms with Gasteiger partial charge in [-0.25, -0.2) is 5.21 Å². The van der Waals surface area contributed by atoms with Gasteiger partial charge in [0.1, 0.15) is 13.1 Å². The fourth-order valence-corrected chi connectivity index (χ4v) is 5.28. The van der Waals surface area contributed by atoms with Gasteiger partial charge in [-0.05, 0) is 77.0 Å². The highest BCUT2D eigenvalue weighted by Crippen LogP contribution is 2.11. The minimum atomic E-state index is 0.760. The van der Waals surface area contributed by atoms with Gasteiger partial charge < -0.3 is 0 Å². The fraction of sp³-hybridized carbons (Fsp3) is 0.889. The van der Waals surface area contributed by atoms with E-state index in [1.165, 1.54) is 180 Å². The maximum atomic E-state index is 10.2. The standard InChI is InChI=1S/C36H71NO/c1-3-5-7-9-11-13-15-17-19-21-23-25-27-29-31-33-35-37(38)36-34-32-30-28-26-24-22-20-18-16-14-12-10-8-6-4-2/h17-20,38H,3-16,21-36H2,1-2H3/p+1/b19-17-,20-18-. The second kappa shape index (κ2) is 34.4. The molecule has 0 aromatic carbocycles. The molecule has 38 heavy (non-hydrogen) atoms. The molecule has 0 aromatic rings. The van der Waals surface area contributed by atoms with Crippen molar-refractivity contribution in [3.63, 3.8) is 0 Å². The molecule has 0 atom stereocenters. The van der Waals surface area contributed by atoms with E-state index in [0.717, 1.165) is 18.2 Å². The van der Waals surface area contributed by atoms with Crippen molar-refractivity contribution in [2.24, 2.45) is 0 Å². The van der Waals surface area contributed by atoms with E-state index in [0.29, 0.717) is 0 Å². The molecule has 0 heterocycles. The molecular formula is C36H72NO+. The molecule has 2 heteroatoms. The summed E-state index contributed by atoms with van der Waals surface area (Å²) in [6, 6.07) is 0. The van der Waals surface area contributed by atoms with Crippen LogP contribution < -0.4 is 5.06 Å². The van der Waals surface area contributed by atoms with Crippen LogP contribution in [0.1, 0.15) is 194 Å². The minimum absolute atomic E-state index is 0.760. The molecule has 0 rings (SSSR count). The quantitative estimate of drug-likeness (QED) is 0.0500. The predicted molar refractivity (Wildman–Crippen MR) is 171 cm³/mol. The Morgan fingerprint density at radius 1 is 0.342 bits per heavy atom. The summed E-state index contributed by atoms with van der Waals surface area (Å²) in [7, 11) is 0. The number of quaternary nitrogens is 1. The van der Waals surface area contributed by atoms with Gasteiger partial charge in [0.25, 0.3) is 0 Å². The third-order valence-electron chi connectivity index (χ3n) is 7.95. The third-order valence-corrected chi connectivity index (χ3v) is 7.95. The zero-order valence-corrected chi connectivity index (χ0v) is 26.5. The second-order valence-corrected chi connectivity index (χ2v) is 11.9. The highest BCUT2D eigenvalue weighted by Gasteiger charge is 2.04. The maximum Gasteiger partial charge on any atom is 0.107 e. The highest BCUT2D eigenvalue weighted by molar-refractivity contribution is 4.82. The molecule has 0 radical (unpaired) electrons. The second-order valence-electron chi connectivity index (χ2n) is 11.9. The van der Waals surface area contributed by atoms with Crippen molar-refractivity contribution in [3.05, 3.63) is 24.3 Å². The van der Waals surface area contributed by atoms with Gasteiger partial charge in [-0.3, -0.25) is 0 Å². The molecule has 0 spiro atoms. The Bertz CT molecular complexity index is 430. The van der Waals surface area contributed by atoms with Crippen LogP contribution in [-0.2, 0) is 0 Å². The summed E-state index contributed by atoms with van der Waals surface area (Å²) in [4.78, 5) is 0. The number of rotatable bonds is 32. The van der Waals surface area contributed by atoms with Gasteiger partial charge in [0.05, 0.1) is 0 Å². The number of nitrogens with one attached hydrogen (secondary N) is 1. The van der Waals surface area contributed by atoms with Gasteiger partial charge in [-0.1, -0.05) is 141 Å². The first-order chi connectivity index (χ1) is 18.8. The summed E-state index contributed by atoms with van der Waals surface area (Å²) in [5, 5.41) is 10.9. The Kier molecular flexibility index (Phi) is 33.9. The van der Waals surface area contributed by atoms with Crippen LogP contribution in [0.4, 0.5) is 0 Å². The van der Waals surface area contributed by atoms with Crippen molar-refractivity contribution < 1.29 is 10.3 Å². The summed E-state index contributed by atoms with van der Waals surface area (Å²) in [5.41, 5.74) is 0. The average molecular weight is 535 g/mol. The normalized spacial score (nSPS) is 12.1. The Balaban J connectivity index is 3.22. The van der Waals surface area contributed by atoms with E-state index in [-0.39, 0.29) is 0 Å². The molecule has 226 valence electrons. The van der Waals surface area contributed by atoms with Crippen LogP contribution >= 0.6 is 0 Å². The van der Waals surface area contributed by atoms with Crippen LogP contribution in [0.15, 0.2) is 24.3 Å². The van der Waals surface area contributed by atoms with Crippen molar-refractivity contribution in [2.75, 3.05) is 13.1 Å². The molecule has 0 aliphatic carbocycles. The van der Waals surface area contributed by atoms with E-state index in [2.05, 4.69) is 38.2 Å². The number of unbranched alkanes of at least 4 members (excludes halogenated alkanes) is 24. The van der Waals surface area contributed by atoms with Crippen LogP contribution in [-0.4, -0.2) is 18.3 Å². The molecule has 0 aliphatic rings. The molecule has 0 aromatic heterocycles. The van der Waals surface area contributed by atoms with Crippen LogP contribution in [0.3, 0.4) is 0 Å². The first-order valence-corrected chi connectivity index (χ1v) is 17.6. The van der Waals surface area contributed by atoms with E-state index >= 15 is 0 Å². The van der Waals surface area contributed by atoms with E-state index in [9.17, 15) is 5.21 Å². The Morgan fingerprint density at radius 3 is 0.868 bits per heavy atom. The van der Waals surface area contributed by atoms with Crippen molar-refractivity contribution in [3.8, 4) is 0 Å². The van der Waals surface area contributed by atoms with Gasteiger partial charge in [0.2, 0.25) is 0 Å². The van der Waals surface area contributed by atoms with Gasteiger partial charge in [0, 0.05) is 0 Å². The lowest BCUT2D eigenvalue weighted by molar-refractivity contribution is -1.09. The molecule has 0 saturated heterocycles. The smallest absolute Gasteiger partial charge is 0.107 e. The molecule has 0 amide bonds. The third kappa shape index (κ3) is 33.4. The molecule has 2 N–H and O–H groups in total. The van der Waals surface area contributed by atoms with E-state index < -0.39 is 0 Å². The Hall–Kier alpha value is -0.600. The molecule has 0 aliphatic heterocycles. The lowest BCUT2D eigenvalue weighted by atomic mass is 10.1. The Labute approximate surface area is 241 Å². The molecule has 0 unspecified atom stereocenters. The molecule has 0 fully saturated rings. The van der Waals surface area contributed by atoms with Crippen LogP contribution in [0, 0.1) is 0 Å². The molecule has 0 saturated carbocycles. The summed E-state index contributed by atoms with van der Waals surface area (Å²) in [6.07, 6.45) is 47.3. The minimum Gasteiger partial charge on any atom is -0.219 e. The van der Waals surface area contributed by atoms with E-state index in [1.807, 2.05) is 0 Å². The van der Waals surface area contributed by atoms with Crippen molar-refractivity contribution >= 4 is 0 Å². The van der Waals surface area contributed by atoms with Crippen LogP contribution in [0.25, 0.3) is 0 Å². The Morgan fingerprint density at radius 2 is 0.579 bits per heavy atom. The van der Waals surface area contributed by atoms with E-state index in [1.54, 1.807) is 0 Å². The average Bonchev–Trinajstić information content (AvgIpc) is 2.92. The maximum absolute atomic E-state index is 10.2. The van der Waals surface area contributed by atoms with Crippen LogP contribution in [0.5, 0.6) is 0 Å². The van der Waals surface area contributed by atoms with E-state index in [4.69, 9.17) is 0 Å². The van der Waals surface area contributed by atoms with Gasteiger partial charge >= 0.3 is 0 Å². The first-order valence-electron chi connectivity index (χ1n) is 17.6. The predicted octanol–water partition coefficient (Wildman–Crippen LogP) is 11.3. The largest absolute Gasteiger partial charge is 0.219 e. The van der Waals surface area contributed by atoms with Crippen molar-refractivity contribution in [1.82, 2.24) is 0 Å². The highest BCUT2D eigenvalue weighted by atomic mass is 16.5. The SMILES string of the molecule is CCCCCCCC/C=C\CCCCCCCC[NH+](O)CCCCCCCC/C=C\CCCCCCCC. The zero-order valence-electron chi connectivity index (χ0n) is 26.5. The molecule has 2 nitrogen and oxygen atoms in total. The summed E-state index contributed by atoms with van der Waals surface area (Å²) < 4.78 is 0. The van der Waals surface area contributed by atoms with Gasteiger partial charge in [-0.2, -0.15) is 5.06 Å². The molecular weight excluding hydrogens is 462 g/mol. The summed E-state index contributed by atoms with van der Waals surface area (Å²) in [5.74, 6) is 0. The van der Waals surface area contributed by atoms with Gasteiger partial charge in [-0.15, -0.1) is 0 Å². The zero-order chi connectivity index (χ0) is 27.6. The monoisotopic (exact) mass is 535 g/mol. The van der Waals surface area contributed by atoms with Crippen molar-refractivity contribution in [2.45, 2.75) is 194 Å². The number of hydrogen-bond donors (Lipinski definition) is 2. The summed E-state index contributed by atoms with van der Waals surface area (Å²) in [6.45, 7) is 6.45. The van der Waals surface area contributed by atoms with Gasteiger partial charge in [0.15, 0.2) is 0 Å². The first kappa shape index (κ1) is 37.4. The number of hydrogen-bond acceptors (Lipinski definition) is 1. The van der Waals surface area contributed by atoms with Crippen LogP contribution in [0.2, 0.25) is 0 Å². The molecule has 0 bridgehead atoms. The fourth-order valence-electron chi connectivity index (χ4n) is 5.28. The lowest BCUT2D eigenvalue weighted by Gasteiger charge is -2.10. The number of allylic oxidation sites excluding steroid dienone is 4.